The molecule has 0 bridgehead atoms. The van der Waals surface area contributed by atoms with Crippen LogP contribution in [-0.2, 0) is 16.4 Å². The third-order valence-electron chi connectivity index (χ3n) is 6.45. The van der Waals surface area contributed by atoms with Gasteiger partial charge in [0, 0.05) is 32.7 Å². The summed E-state index contributed by atoms with van der Waals surface area (Å²) in [4.78, 5) is 4.56. The maximum absolute atomic E-state index is 12.8. The molecule has 2 fully saturated rings. The fraction of sp³-hybridized carbons (Fsp3) is 0.545. The highest BCUT2D eigenvalue weighted by Gasteiger charge is 2.30. The van der Waals surface area contributed by atoms with Crippen LogP contribution in [0, 0.1) is 0 Å². The van der Waals surface area contributed by atoms with Gasteiger partial charge in [0.25, 0.3) is 0 Å². The Morgan fingerprint density at radius 3 is 2.42 bits per heavy atom. The van der Waals surface area contributed by atoms with Crippen LogP contribution in [0.3, 0.4) is 0 Å². The van der Waals surface area contributed by atoms with E-state index in [1.165, 1.54) is 5.56 Å². The average Bonchev–Trinajstić information content (AvgIpc) is 3.28. The second kappa shape index (κ2) is 8.63. The molecule has 0 N–H and O–H groups in total. The number of aromatic nitrogens is 2. The molecule has 0 radical (unpaired) electrons. The van der Waals surface area contributed by atoms with Crippen LogP contribution in [0.15, 0.2) is 35.4 Å². The lowest BCUT2D eigenvalue weighted by Crippen LogP contribution is -2.46. The fourth-order valence-corrected chi connectivity index (χ4v) is 6.32. The van der Waals surface area contributed by atoms with E-state index in [0.29, 0.717) is 6.79 Å². The van der Waals surface area contributed by atoms with E-state index in [1.807, 2.05) is 12.1 Å². The average molecular weight is 445 g/mol. The van der Waals surface area contributed by atoms with Gasteiger partial charge < -0.3 is 14.4 Å². The van der Waals surface area contributed by atoms with Gasteiger partial charge in [-0.2, -0.15) is 0 Å². The minimum Gasteiger partial charge on any atom is -0.454 e. The van der Waals surface area contributed by atoms with Crippen LogP contribution < -0.4 is 14.4 Å². The Balaban J connectivity index is 1.18. The number of anilines is 1. The van der Waals surface area contributed by atoms with E-state index < -0.39 is 9.84 Å². The van der Waals surface area contributed by atoms with Crippen molar-refractivity contribution >= 4 is 15.7 Å². The molecule has 31 heavy (non-hydrogen) atoms. The van der Waals surface area contributed by atoms with Crippen molar-refractivity contribution in [2.24, 2.45) is 0 Å². The number of nitrogens with zero attached hydrogens (tertiary/aromatic N) is 4. The standard InChI is InChI=1S/C22H28N4O4S/c27-31(28,18-4-2-1-3-5-18)22-9-8-21(23-24-22)26-12-10-25(11-13-26)15-17-6-7-19-20(14-17)30-16-29-19/h6-9,14,18H,1-5,10-13,15-16H2. The van der Waals surface area contributed by atoms with Crippen LogP contribution in [0.4, 0.5) is 5.82 Å². The number of piperazine rings is 1. The van der Waals surface area contributed by atoms with Crippen molar-refractivity contribution in [3.8, 4) is 11.5 Å². The van der Waals surface area contributed by atoms with Crippen molar-refractivity contribution < 1.29 is 17.9 Å². The van der Waals surface area contributed by atoms with Gasteiger partial charge in [-0.1, -0.05) is 25.3 Å². The van der Waals surface area contributed by atoms with Crippen molar-refractivity contribution in [1.29, 1.82) is 0 Å². The van der Waals surface area contributed by atoms with Crippen LogP contribution in [-0.4, -0.2) is 61.7 Å². The summed E-state index contributed by atoms with van der Waals surface area (Å²) in [5.41, 5.74) is 1.20. The summed E-state index contributed by atoms with van der Waals surface area (Å²) in [7, 11) is -3.38. The normalized spacial score (nSPS) is 20.2. The summed E-state index contributed by atoms with van der Waals surface area (Å²) in [5.74, 6) is 2.36. The molecule has 1 aliphatic carbocycles. The van der Waals surface area contributed by atoms with Crippen molar-refractivity contribution in [3.05, 3.63) is 35.9 Å². The molecule has 1 aromatic carbocycles. The van der Waals surface area contributed by atoms with Crippen LogP contribution in [0.5, 0.6) is 11.5 Å². The molecule has 9 heteroatoms. The van der Waals surface area contributed by atoms with Gasteiger partial charge in [-0.05, 0) is 42.7 Å². The number of rotatable bonds is 5. The van der Waals surface area contributed by atoms with Crippen LogP contribution >= 0.6 is 0 Å². The van der Waals surface area contributed by atoms with Gasteiger partial charge >= 0.3 is 0 Å². The lowest BCUT2D eigenvalue weighted by Gasteiger charge is -2.35. The molecule has 0 unspecified atom stereocenters. The molecule has 1 saturated heterocycles. The molecule has 3 aliphatic rings. The summed E-state index contributed by atoms with van der Waals surface area (Å²) in [5, 5.41) is 8.17. The SMILES string of the molecule is O=S(=O)(c1ccc(N2CCN(Cc3ccc4c(c3)OCO4)CC2)nn1)C1CCCCC1. The quantitative estimate of drug-likeness (QED) is 0.696. The zero-order valence-electron chi connectivity index (χ0n) is 17.6. The van der Waals surface area contributed by atoms with Gasteiger partial charge in [0.2, 0.25) is 6.79 Å². The lowest BCUT2D eigenvalue weighted by molar-refractivity contribution is 0.174. The van der Waals surface area contributed by atoms with E-state index in [9.17, 15) is 8.42 Å². The maximum Gasteiger partial charge on any atom is 0.231 e. The predicted octanol–water partition coefficient (Wildman–Crippen LogP) is 2.63. The van der Waals surface area contributed by atoms with E-state index in [-0.39, 0.29) is 10.3 Å². The fourth-order valence-electron chi connectivity index (χ4n) is 4.61. The van der Waals surface area contributed by atoms with Gasteiger partial charge in [-0.3, -0.25) is 4.90 Å². The Morgan fingerprint density at radius 2 is 1.68 bits per heavy atom. The molecule has 2 aromatic rings. The number of ether oxygens (including phenoxy) is 2. The Morgan fingerprint density at radius 1 is 0.903 bits per heavy atom. The Hall–Kier alpha value is -2.39. The first-order valence-electron chi connectivity index (χ1n) is 11.0. The van der Waals surface area contributed by atoms with E-state index in [4.69, 9.17) is 9.47 Å². The lowest BCUT2D eigenvalue weighted by atomic mass is 10.0. The smallest absolute Gasteiger partial charge is 0.231 e. The Bertz CT molecular complexity index is 1010. The minimum atomic E-state index is -3.38. The van der Waals surface area contributed by atoms with E-state index in [2.05, 4.69) is 26.1 Å². The van der Waals surface area contributed by atoms with Crippen molar-refractivity contribution in [2.75, 3.05) is 37.9 Å². The molecule has 166 valence electrons. The molecule has 2 aliphatic heterocycles. The minimum absolute atomic E-state index is 0.115. The number of hydrogen-bond acceptors (Lipinski definition) is 8. The largest absolute Gasteiger partial charge is 0.454 e. The molecular formula is C22H28N4O4S. The zero-order chi connectivity index (χ0) is 21.3. The van der Waals surface area contributed by atoms with Crippen LogP contribution in [0.1, 0.15) is 37.7 Å². The maximum atomic E-state index is 12.8. The van der Waals surface area contributed by atoms with Gasteiger partial charge in [-0.15, -0.1) is 10.2 Å². The van der Waals surface area contributed by atoms with E-state index in [0.717, 1.165) is 82.1 Å². The number of fused-ring (bicyclic) bond motifs is 1. The molecule has 1 aromatic heterocycles. The van der Waals surface area contributed by atoms with Gasteiger partial charge in [-0.25, -0.2) is 8.42 Å². The van der Waals surface area contributed by atoms with Crippen molar-refractivity contribution in [2.45, 2.75) is 48.9 Å². The summed E-state index contributed by atoms with van der Waals surface area (Å²) >= 11 is 0. The molecule has 0 amide bonds. The number of sulfone groups is 1. The zero-order valence-corrected chi connectivity index (χ0v) is 18.4. The third-order valence-corrected chi connectivity index (χ3v) is 8.60. The van der Waals surface area contributed by atoms with Crippen molar-refractivity contribution in [3.63, 3.8) is 0 Å². The van der Waals surface area contributed by atoms with Crippen molar-refractivity contribution in [1.82, 2.24) is 15.1 Å². The number of benzene rings is 1. The van der Waals surface area contributed by atoms with E-state index in [1.54, 1.807) is 12.1 Å². The summed E-state index contributed by atoms with van der Waals surface area (Å²) < 4.78 is 36.5. The first kappa shape index (κ1) is 20.5. The second-order valence-corrected chi connectivity index (χ2v) is 10.7. The highest BCUT2D eigenvalue weighted by Crippen LogP contribution is 2.33. The third kappa shape index (κ3) is 4.34. The molecule has 0 atom stereocenters. The first-order chi connectivity index (χ1) is 15.1. The van der Waals surface area contributed by atoms with Crippen LogP contribution in [0.2, 0.25) is 0 Å². The second-order valence-electron chi connectivity index (χ2n) is 8.49. The number of hydrogen-bond donors (Lipinski definition) is 0. The van der Waals surface area contributed by atoms with Gasteiger partial charge in [0.1, 0.15) is 0 Å². The Kier molecular flexibility index (Phi) is 5.71. The summed E-state index contributed by atoms with van der Waals surface area (Å²) in [6.07, 6.45) is 4.54. The molecule has 0 spiro atoms. The highest BCUT2D eigenvalue weighted by molar-refractivity contribution is 7.92. The molecule has 3 heterocycles. The van der Waals surface area contributed by atoms with Gasteiger partial charge in [0.05, 0.1) is 5.25 Å². The first-order valence-corrected chi connectivity index (χ1v) is 12.6. The topological polar surface area (TPSA) is 84.9 Å². The summed E-state index contributed by atoms with van der Waals surface area (Å²) in [6, 6.07) is 9.52. The molecule has 1 saturated carbocycles. The molecular weight excluding hydrogens is 416 g/mol. The highest BCUT2D eigenvalue weighted by atomic mass is 32.2. The molecule has 5 rings (SSSR count). The molecule has 8 nitrogen and oxygen atoms in total. The van der Waals surface area contributed by atoms with E-state index >= 15 is 0 Å². The predicted molar refractivity (Wildman–Crippen MR) is 116 cm³/mol. The monoisotopic (exact) mass is 444 g/mol. The summed E-state index contributed by atoms with van der Waals surface area (Å²) in [6.45, 7) is 4.60. The van der Waals surface area contributed by atoms with Crippen LogP contribution in [0.25, 0.3) is 0 Å². The Labute approximate surface area is 183 Å². The van der Waals surface area contributed by atoms with Gasteiger partial charge in [0.15, 0.2) is 32.2 Å².